The molecule has 2 atom stereocenters. The second-order valence-electron chi connectivity index (χ2n) is 9.65. The molecular weight excluding hydrogens is 600 g/mol. The van der Waals surface area contributed by atoms with Gasteiger partial charge in [-0.15, -0.1) is 11.8 Å². The first-order valence-electron chi connectivity index (χ1n) is 12.8. The lowest BCUT2D eigenvalue weighted by molar-refractivity contribution is -0.145. The lowest BCUT2D eigenvalue weighted by atomic mass is 9.97. The molecule has 0 heterocycles. The Morgan fingerprint density at radius 3 is 2.00 bits per heavy atom. The SMILES string of the molecule is C[C@@](CSc1ccccc1)(CS(=O)(=O)c1ccc(-c2ccc(Cl)cc2)cc1)C(=O)O.NC(N)=NCCC[C@H](N)C(=O)O. The minimum atomic E-state index is -3.79. The fourth-order valence-electron chi connectivity index (χ4n) is 3.57. The molecule has 0 unspecified atom stereocenters. The predicted octanol–water partition coefficient (Wildman–Crippen LogP) is 4.12. The lowest BCUT2D eigenvalue weighted by Gasteiger charge is -2.24. The van der Waals surface area contributed by atoms with Crippen molar-refractivity contribution in [1.82, 2.24) is 0 Å². The van der Waals surface area contributed by atoms with E-state index in [1.165, 1.54) is 30.8 Å². The summed E-state index contributed by atoms with van der Waals surface area (Å²) in [5, 5.41) is 18.8. The van der Waals surface area contributed by atoms with Crippen LogP contribution in [0.4, 0.5) is 0 Å². The number of thioether (sulfide) groups is 1. The van der Waals surface area contributed by atoms with E-state index >= 15 is 0 Å². The monoisotopic (exact) mass is 634 g/mol. The van der Waals surface area contributed by atoms with Gasteiger partial charge in [0.05, 0.1) is 16.1 Å². The van der Waals surface area contributed by atoms with Crippen LogP contribution in [0.25, 0.3) is 11.1 Å². The van der Waals surface area contributed by atoms with Crippen LogP contribution in [-0.4, -0.2) is 60.6 Å². The highest BCUT2D eigenvalue weighted by molar-refractivity contribution is 7.99. The quantitative estimate of drug-likeness (QED) is 0.0788. The summed E-state index contributed by atoms with van der Waals surface area (Å²) >= 11 is 7.24. The molecule has 226 valence electrons. The number of sulfone groups is 1. The predicted molar refractivity (Wildman–Crippen MR) is 167 cm³/mol. The first-order valence-corrected chi connectivity index (χ1v) is 15.8. The highest BCUT2D eigenvalue weighted by Gasteiger charge is 2.39. The molecule has 0 aliphatic heterocycles. The fraction of sp³-hybridized carbons (Fsp3) is 0.276. The van der Waals surface area contributed by atoms with E-state index in [-0.39, 0.29) is 16.6 Å². The number of carbonyl (C=O) groups is 2. The van der Waals surface area contributed by atoms with Gasteiger partial charge in [0.1, 0.15) is 6.04 Å². The minimum Gasteiger partial charge on any atom is -0.481 e. The number of benzene rings is 3. The number of carboxylic acids is 2. The van der Waals surface area contributed by atoms with Gasteiger partial charge in [-0.05, 0) is 67.3 Å². The lowest BCUT2D eigenvalue weighted by Crippen LogP contribution is -2.37. The van der Waals surface area contributed by atoms with E-state index in [1.54, 1.807) is 24.3 Å². The molecule has 3 rings (SSSR count). The minimum absolute atomic E-state index is 0.0129. The molecule has 13 heteroatoms. The van der Waals surface area contributed by atoms with Gasteiger partial charge in [0.25, 0.3) is 0 Å². The van der Waals surface area contributed by atoms with Crippen molar-refractivity contribution in [2.75, 3.05) is 18.1 Å². The summed E-state index contributed by atoms with van der Waals surface area (Å²) in [5.74, 6) is -2.45. The number of hydrogen-bond donors (Lipinski definition) is 5. The number of aliphatic imine (C=N–C) groups is 1. The van der Waals surface area contributed by atoms with Crippen LogP contribution in [0.3, 0.4) is 0 Å². The van der Waals surface area contributed by atoms with E-state index in [2.05, 4.69) is 4.99 Å². The first-order chi connectivity index (χ1) is 19.7. The standard InChI is InChI=1S/C23H21ClO4S2.C6H14N4O2/c1-23(22(25)26,15-29-20-5-3-2-4-6-20)16-30(27,28)21-13-9-18(10-14-21)17-7-11-19(24)12-8-17;7-4(5(11)12)2-1-3-10-6(8)9/h2-14H,15-16H2,1H3,(H,25,26);4H,1-3,7H2,(H,11,12)(H4,8,9,10)/t23-;4-/m10/s1. The van der Waals surface area contributed by atoms with Crippen LogP contribution in [-0.2, 0) is 19.4 Å². The Labute approximate surface area is 254 Å². The van der Waals surface area contributed by atoms with Crippen molar-refractivity contribution in [3.63, 3.8) is 0 Å². The van der Waals surface area contributed by atoms with Crippen molar-refractivity contribution in [2.45, 2.75) is 35.6 Å². The summed E-state index contributed by atoms with van der Waals surface area (Å²) in [6.45, 7) is 1.90. The molecule has 0 saturated heterocycles. The highest BCUT2D eigenvalue weighted by Crippen LogP contribution is 2.32. The largest absolute Gasteiger partial charge is 0.481 e. The summed E-state index contributed by atoms with van der Waals surface area (Å²) in [4.78, 5) is 26.8. The molecule has 0 amide bonds. The molecule has 3 aromatic carbocycles. The van der Waals surface area contributed by atoms with Crippen LogP contribution in [0.5, 0.6) is 0 Å². The molecular formula is C29H35ClN4O6S2. The number of rotatable bonds is 13. The second-order valence-corrected chi connectivity index (χ2v) is 13.1. The molecule has 0 radical (unpaired) electrons. The van der Waals surface area contributed by atoms with Crippen LogP contribution in [0.15, 0.2) is 93.6 Å². The number of halogens is 1. The molecule has 8 N–H and O–H groups in total. The molecule has 0 aromatic heterocycles. The molecule has 0 bridgehead atoms. The smallest absolute Gasteiger partial charge is 0.320 e. The van der Waals surface area contributed by atoms with Gasteiger partial charge in [-0.25, -0.2) is 8.42 Å². The molecule has 0 aliphatic carbocycles. The molecule has 10 nitrogen and oxygen atoms in total. The van der Waals surface area contributed by atoms with Crippen LogP contribution >= 0.6 is 23.4 Å². The molecule has 0 saturated carbocycles. The normalized spacial score (nSPS) is 13.1. The molecule has 3 aromatic rings. The molecule has 42 heavy (non-hydrogen) atoms. The van der Waals surface area contributed by atoms with Crippen molar-refractivity contribution in [1.29, 1.82) is 0 Å². The molecule has 0 fully saturated rings. The van der Waals surface area contributed by atoms with Gasteiger partial charge < -0.3 is 27.4 Å². The Morgan fingerprint density at radius 1 is 0.952 bits per heavy atom. The van der Waals surface area contributed by atoms with Gasteiger partial charge in [-0.1, -0.05) is 54.1 Å². The number of guanidine groups is 1. The van der Waals surface area contributed by atoms with Crippen molar-refractivity contribution in [2.24, 2.45) is 27.6 Å². The number of nitrogens with zero attached hydrogens (tertiary/aromatic N) is 1. The maximum absolute atomic E-state index is 13.0. The molecule has 0 aliphatic rings. The van der Waals surface area contributed by atoms with Crippen LogP contribution in [0.1, 0.15) is 19.8 Å². The Bertz CT molecular complexity index is 1450. The van der Waals surface area contributed by atoms with E-state index < -0.39 is 39.0 Å². The first kappa shape index (κ1) is 34.6. The number of nitrogens with two attached hydrogens (primary N) is 3. The van der Waals surface area contributed by atoms with Crippen LogP contribution in [0.2, 0.25) is 5.02 Å². The van der Waals surface area contributed by atoms with Gasteiger partial charge in [0.15, 0.2) is 15.8 Å². The average molecular weight is 635 g/mol. The topological polar surface area (TPSA) is 199 Å². The van der Waals surface area contributed by atoms with Crippen LogP contribution in [0, 0.1) is 5.41 Å². The van der Waals surface area contributed by atoms with Crippen LogP contribution < -0.4 is 17.2 Å². The Morgan fingerprint density at radius 2 is 1.50 bits per heavy atom. The zero-order valence-electron chi connectivity index (χ0n) is 23.0. The Balaban J connectivity index is 0.000000435. The van der Waals surface area contributed by atoms with Gasteiger partial charge in [0.2, 0.25) is 0 Å². The van der Waals surface area contributed by atoms with Gasteiger partial charge in [-0.2, -0.15) is 0 Å². The van der Waals surface area contributed by atoms with Gasteiger partial charge >= 0.3 is 11.9 Å². The summed E-state index contributed by atoms with van der Waals surface area (Å²) in [7, 11) is -3.79. The van der Waals surface area contributed by atoms with Gasteiger partial charge in [0, 0.05) is 22.2 Å². The van der Waals surface area contributed by atoms with Crippen molar-refractivity contribution in [3.05, 3.63) is 83.9 Å². The van der Waals surface area contributed by atoms with Gasteiger partial charge in [-0.3, -0.25) is 14.6 Å². The van der Waals surface area contributed by atoms with Crippen molar-refractivity contribution < 1.29 is 28.2 Å². The third-order valence-corrected chi connectivity index (χ3v) is 9.65. The fourth-order valence-corrected chi connectivity index (χ4v) is 6.66. The van der Waals surface area contributed by atoms with Crippen molar-refractivity contribution >= 4 is 51.1 Å². The maximum atomic E-state index is 13.0. The van der Waals surface area contributed by atoms with E-state index in [0.717, 1.165) is 16.0 Å². The summed E-state index contributed by atoms with van der Waals surface area (Å²) < 4.78 is 25.9. The van der Waals surface area contributed by atoms with E-state index in [0.29, 0.717) is 24.4 Å². The number of aliphatic carboxylic acids is 2. The van der Waals surface area contributed by atoms with Crippen molar-refractivity contribution in [3.8, 4) is 11.1 Å². The third kappa shape index (κ3) is 11.4. The summed E-state index contributed by atoms with van der Waals surface area (Å²) in [6.07, 6.45) is 0.956. The number of hydrogen-bond acceptors (Lipinski definition) is 7. The maximum Gasteiger partial charge on any atom is 0.320 e. The summed E-state index contributed by atoms with van der Waals surface area (Å²) in [5.41, 5.74) is 15.7. The zero-order valence-corrected chi connectivity index (χ0v) is 25.4. The Hall–Kier alpha value is -3.58. The highest BCUT2D eigenvalue weighted by atomic mass is 35.5. The zero-order chi connectivity index (χ0) is 31.3. The Kier molecular flexibility index (Phi) is 13.3. The van der Waals surface area contributed by atoms with E-state index in [4.69, 9.17) is 33.9 Å². The number of carboxylic acid groups (broad SMARTS) is 2. The average Bonchev–Trinajstić information content (AvgIpc) is 2.95. The molecule has 0 spiro atoms. The van der Waals surface area contributed by atoms with E-state index in [9.17, 15) is 23.1 Å². The second kappa shape index (κ2) is 16.2. The third-order valence-electron chi connectivity index (χ3n) is 6.00. The van der Waals surface area contributed by atoms with E-state index in [1.807, 2.05) is 42.5 Å². The summed E-state index contributed by atoms with van der Waals surface area (Å²) in [6, 6.07) is 22.2.